The molecule has 0 aliphatic carbocycles. The highest BCUT2D eigenvalue weighted by atomic mass is 16.5. The Labute approximate surface area is 102 Å². The highest BCUT2D eigenvalue weighted by Gasteiger charge is 2.43. The predicted molar refractivity (Wildman–Crippen MR) is 65.0 cm³/mol. The van der Waals surface area contributed by atoms with Gasteiger partial charge in [-0.2, -0.15) is 0 Å². The van der Waals surface area contributed by atoms with Crippen molar-refractivity contribution in [3.05, 3.63) is 34.9 Å². The van der Waals surface area contributed by atoms with Gasteiger partial charge >= 0.3 is 5.97 Å². The molecule has 0 amide bonds. The van der Waals surface area contributed by atoms with Gasteiger partial charge in [-0.05, 0) is 25.0 Å². The third-order valence-corrected chi connectivity index (χ3v) is 3.42. The van der Waals surface area contributed by atoms with Gasteiger partial charge in [-0.3, -0.25) is 4.79 Å². The predicted octanol–water partition coefficient (Wildman–Crippen LogP) is 2.13. The molecular formula is C14H18O3. The lowest BCUT2D eigenvalue weighted by molar-refractivity contribution is -0.148. The molecule has 2 rings (SSSR count). The summed E-state index contributed by atoms with van der Waals surface area (Å²) in [5.41, 5.74) is 3.49. The van der Waals surface area contributed by atoms with Crippen molar-refractivity contribution in [1.82, 2.24) is 0 Å². The number of ether oxygens (including phenoxy) is 2. The number of benzene rings is 1. The summed E-state index contributed by atoms with van der Waals surface area (Å²) in [5.74, 6) is -0.173. The van der Waals surface area contributed by atoms with Crippen LogP contribution in [-0.2, 0) is 19.7 Å². The first-order valence-corrected chi connectivity index (χ1v) is 5.80. The van der Waals surface area contributed by atoms with E-state index in [0.29, 0.717) is 19.6 Å². The molecule has 0 N–H and O–H groups in total. The maximum Gasteiger partial charge on any atom is 0.306 e. The SMILES string of the molecule is COC(=O)CC1(c2ccc(C)cc2C)COC1. The molecule has 3 heteroatoms. The molecule has 0 atom stereocenters. The molecule has 17 heavy (non-hydrogen) atoms. The molecule has 1 aliphatic rings. The normalized spacial score (nSPS) is 17.4. The fraction of sp³-hybridized carbons (Fsp3) is 0.500. The summed E-state index contributed by atoms with van der Waals surface area (Å²) in [6.07, 6.45) is 0.396. The molecule has 1 aromatic carbocycles. The van der Waals surface area contributed by atoms with E-state index in [1.165, 1.54) is 23.8 Å². The minimum atomic E-state index is -0.176. The van der Waals surface area contributed by atoms with E-state index in [4.69, 9.17) is 9.47 Å². The summed E-state index contributed by atoms with van der Waals surface area (Å²) in [4.78, 5) is 11.5. The molecule has 0 bridgehead atoms. The Balaban J connectivity index is 2.31. The molecule has 3 nitrogen and oxygen atoms in total. The number of methoxy groups -OCH3 is 1. The van der Waals surface area contributed by atoms with E-state index in [9.17, 15) is 4.79 Å². The van der Waals surface area contributed by atoms with Gasteiger partial charge in [0.15, 0.2) is 0 Å². The van der Waals surface area contributed by atoms with E-state index in [1.54, 1.807) is 0 Å². The van der Waals surface area contributed by atoms with Crippen molar-refractivity contribution in [2.45, 2.75) is 25.7 Å². The molecule has 1 aromatic rings. The van der Waals surface area contributed by atoms with E-state index < -0.39 is 0 Å². The van der Waals surface area contributed by atoms with Gasteiger partial charge in [0.05, 0.1) is 32.2 Å². The number of aryl methyl sites for hydroxylation is 2. The number of hydrogen-bond donors (Lipinski definition) is 0. The number of esters is 1. The van der Waals surface area contributed by atoms with E-state index in [2.05, 4.69) is 32.0 Å². The first-order valence-electron chi connectivity index (χ1n) is 5.80. The molecule has 1 saturated heterocycles. The third-order valence-electron chi connectivity index (χ3n) is 3.42. The molecule has 92 valence electrons. The van der Waals surface area contributed by atoms with Crippen LogP contribution in [0.15, 0.2) is 18.2 Å². The van der Waals surface area contributed by atoms with Gasteiger partial charge in [0, 0.05) is 0 Å². The molecule has 1 fully saturated rings. The second-order valence-electron chi connectivity index (χ2n) is 4.84. The van der Waals surface area contributed by atoms with Gasteiger partial charge < -0.3 is 9.47 Å². The maximum atomic E-state index is 11.5. The monoisotopic (exact) mass is 234 g/mol. The minimum absolute atomic E-state index is 0.173. The van der Waals surface area contributed by atoms with Crippen molar-refractivity contribution < 1.29 is 14.3 Å². The molecular weight excluding hydrogens is 216 g/mol. The van der Waals surface area contributed by atoms with Crippen LogP contribution in [0.1, 0.15) is 23.1 Å². The van der Waals surface area contributed by atoms with Crippen molar-refractivity contribution in [3.63, 3.8) is 0 Å². The Morgan fingerprint density at radius 2 is 2.12 bits per heavy atom. The average molecular weight is 234 g/mol. The highest BCUT2D eigenvalue weighted by Crippen LogP contribution is 2.38. The topological polar surface area (TPSA) is 35.5 Å². The molecule has 1 aliphatic heterocycles. The van der Waals surface area contributed by atoms with Gasteiger partial charge in [0.1, 0.15) is 0 Å². The number of carbonyl (C=O) groups is 1. The van der Waals surface area contributed by atoms with Crippen LogP contribution in [0.3, 0.4) is 0 Å². The van der Waals surface area contributed by atoms with Crippen LogP contribution >= 0.6 is 0 Å². The molecule has 0 aromatic heterocycles. The number of carbonyl (C=O) groups excluding carboxylic acids is 1. The minimum Gasteiger partial charge on any atom is -0.469 e. The fourth-order valence-electron chi connectivity index (χ4n) is 2.46. The molecule has 1 heterocycles. The summed E-state index contributed by atoms with van der Waals surface area (Å²) >= 11 is 0. The lowest BCUT2D eigenvalue weighted by Crippen LogP contribution is -2.48. The Morgan fingerprint density at radius 1 is 1.41 bits per heavy atom. The van der Waals surface area contributed by atoms with Crippen LogP contribution in [0.4, 0.5) is 0 Å². The van der Waals surface area contributed by atoms with Crippen molar-refractivity contribution in [2.75, 3.05) is 20.3 Å². The van der Waals surface area contributed by atoms with Crippen LogP contribution in [0, 0.1) is 13.8 Å². The lowest BCUT2D eigenvalue weighted by Gasteiger charge is -2.42. The Bertz CT molecular complexity index is 433. The van der Waals surface area contributed by atoms with Gasteiger partial charge in [0.25, 0.3) is 0 Å². The van der Waals surface area contributed by atoms with E-state index in [0.717, 1.165) is 0 Å². The summed E-state index contributed by atoms with van der Waals surface area (Å²) in [6, 6.07) is 6.34. The number of rotatable bonds is 3. The van der Waals surface area contributed by atoms with Gasteiger partial charge in [-0.15, -0.1) is 0 Å². The third kappa shape index (κ3) is 2.20. The van der Waals surface area contributed by atoms with Gasteiger partial charge in [0.2, 0.25) is 0 Å². The van der Waals surface area contributed by atoms with Gasteiger partial charge in [-0.1, -0.05) is 23.8 Å². The smallest absolute Gasteiger partial charge is 0.306 e. The zero-order valence-corrected chi connectivity index (χ0v) is 10.6. The molecule has 0 unspecified atom stereocenters. The van der Waals surface area contributed by atoms with E-state index >= 15 is 0 Å². The fourth-order valence-corrected chi connectivity index (χ4v) is 2.46. The van der Waals surface area contributed by atoms with Crippen LogP contribution < -0.4 is 0 Å². The van der Waals surface area contributed by atoms with Crippen LogP contribution in [0.2, 0.25) is 0 Å². The average Bonchev–Trinajstić information content (AvgIpc) is 2.24. The molecule has 0 spiro atoms. The first-order chi connectivity index (χ1) is 8.07. The van der Waals surface area contributed by atoms with E-state index in [1.807, 2.05) is 0 Å². The Kier molecular flexibility index (Phi) is 3.20. The summed E-state index contributed by atoms with van der Waals surface area (Å²) in [6.45, 7) is 5.36. The zero-order valence-electron chi connectivity index (χ0n) is 10.6. The maximum absolute atomic E-state index is 11.5. The lowest BCUT2D eigenvalue weighted by atomic mass is 9.74. The molecule has 0 radical (unpaired) electrons. The Hall–Kier alpha value is -1.35. The van der Waals surface area contributed by atoms with Crippen LogP contribution in [0.25, 0.3) is 0 Å². The Morgan fingerprint density at radius 3 is 2.59 bits per heavy atom. The summed E-state index contributed by atoms with van der Waals surface area (Å²) in [5, 5.41) is 0. The van der Waals surface area contributed by atoms with Crippen molar-refractivity contribution in [3.8, 4) is 0 Å². The van der Waals surface area contributed by atoms with Crippen LogP contribution in [0.5, 0.6) is 0 Å². The zero-order chi connectivity index (χ0) is 12.5. The van der Waals surface area contributed by atoms with Gasteiger partial charge in [-0.25, -0.2) is 0 Å². The molecule has 0 saturated carbocycles. The van der Waals surface area contributed by atoms with E-state index in [-0.39, 0.29) is 11.4 Å². The highest BCUT2D eigenvalue weighted by molar-refractivity contribution is 5.72. The quantitative estimate of drug-likeness (QED) is 0.752. The summed E-state index contributed by atoms with van der Waals surface area (Å²) < 4.78 is 10.1. The standard InChI is InChI=1S/C14H18O3/c1-10-4-5-12(11(2)6-10)14(8-17-9-14)7-13(15)16-3/h4-6H,7-9H2,1-3H3. The van der Waals surface area contributed by atoms with Crippen LogP contribution in [-0.4, -0.2) is 26.3 Å². The second-order valence-corrected chi connectivity index (χ2v) is 4.84. The van der Waals surface area contributed by atoms with Crippen molar-refractivity contribution >= 4 is 5.97 Å². The summed E-state index contributed by atoms with van der Waals surface area (Å²) in [7, 11) is 1.43. The van der Waals surface area contributed by atoms with Crippen molar-refractivity contribution in [1.29, 1.82) is 0 Å². The second kappa shape index (κ2) is 4.49. The first kappa shape index (κ1) is 12.1. The van der Waals surface area contributed by atoms with Crippen molar-refractivity contribution in [2.24, 2.45) is 0 Å². The number of hydrogen-bond acceptors (Lipinski definition) is 3. The largest absolute Gasteiger partial charge is 0.469 e.